The predicted octanol–water partition coefficient (Wildman–Crippen LogP) is 4.03. The zero-order chi connectivity index (χ0) is 23.8. The van der Waals surface area contributed by atoms with Crippen molar-refractivity contribution in [2.75, 3.05) is 17.2 Å². The lowest BCUT2D eigenvalue weighted by molar-refractivity contribution is 0.0982. The van der Waals surface area contributed by atoms with Crippen molar-refractivity contribution in [3.63, 3.8) is 0 Å². The number of fused-ring (bicyclic) bond motifs is 2. The molecule has 0 bridgehead atoms. The highest BCUT2D eigenvalue weighted by molar-refractivity contribution is 6.17. The molecule has 0 saturated heterocycles. The van der Waals surface area contributed by atoms with Crippen molar-refractivity contribution in [3.8, 4) is 0 Å². The minimum absolute atomic E-state index is 0.122. The van der Waals surface area contributed by atoms with Crippen LogP contribution in [0.1, 0.15) is 32.7 Å². The van der Waals surface area contributed by atoms with Crippen molar-refractivity contribution < 1.29 is 14.0 Å². The van der Waals surface area contributed by atoms with E-state index in [1.807, 2.05) is 13.8 Å². The quantitative estimate of drug-likeness (QED) is 0.326. The first-order chi connectivity index (χ1) is 16.5. The zero-order valence-corrected chi connectivity index (χ0v) is 18.5. The van der Waals surface area contributed by atoms with Gasteiger partial charge in [-0.1, -0.05) is 18.2 Å². The highest BCUT2D eigenvalue weighted by Gasteiger charge is 2.27. The zero-order valence-electron chi connectivity index (χ0n) is 18.5. The number of nitrogens with zero attached hydrogens (tertiary/aromatic N) is 2. The Morgan fingerprint density at radius 1 is 1.12 bits per heavy atom. The molecule has 1 aliphatic rings. The number of carbonyl (C=O) groups is 1. The second-order valence-electron chi connectivity index (χ2n) is 8.09. The third kappa shape index (κ3) is 3.68. The molecule has 0 atom stereocenters. The van der Waals surface area contributed by atoms with Crippen LogP contribution in [0.2, 0.25) is 0 Å². The van der Waals surface area contributed by atoms with Crippen molar-refractivity contribution in [3.05, 3.63) is 76.5 Å². The Kier molecular flexibility index (Phi) is 5.31. The maximum absolute atomic E-state index is 14.2. The van der Waals surface area contributed by atoms with Crippen LogP contribution in [0.3, 0.4) is 0 Å². The maximum Gasteiger partial charge on any atom is 0.259 e. The van der Waals surface area contributed by atoms with Crippen LogP contribution in [-0.4, -0.2) is 33.3 Å². The number of nitrogens with one attached hydrogen (secondary N) is 4. The van der Waals surface area contributed by atoms with Crippen LogP contribution in [0, 0.1) is 19.7 Å². The highest BCUT2D eigenvalue weighted by Crippen LogP contribution is 2.31. The van der Waals surface area contributed by atoms with Crippen molar-refractivity contribution in [2.45, 2.75) is 20.3 Å². The SMILES string of the molecule is Cc1[nH]c2c(F)ccc(C)c2c1CCNc1cc(Nc2cccc3c2C(=O)NC3=C=O)ncn1. The van der Waals surface area contributed by atoms with E-state index >= 15 is 0 Å². The van der Waals surface area contributed by atoms with Crippen LogP contribution < -0.4 is 16.0 Å². The number of H-pyrrole nitrogens is 1. The number of anilines is 3. The Labute approximate surface area is 194 Å². The predicted molar refractivity (Wildman–Crippen MR) is 128 cm³/mol. The number of aromatic amines is 1. The summed E-state index contributed by atoms with van der Waals surface area (Å²) in [6, 6.07) is 10.2. The first-order valence-electron chi connectivity index (χ1n) is 10.7. The summed E-state index contributed by atoms with van der Waals surface area (Å²) in [6.45, 7) is 4.50. The topological polar surface area (TPSA) is 112 Å². The Hall–Kier alpha value is -4.49. The van der Waals surface area contributed by atoms with Gasteiger partial charge in [0.1, 0.15) is 29.5 Å². The molecule has 0 radical (unpaired) electrons. The summed E-state index contributed by atoms with van der Waals surface area (Å²) >= 11 is 0. The molecule has 0 aliphatic carbocycles. The van der Waals surface area contributed by atoms with Crippen LogP contribution in [0.25, 0.3) is 16.6 Å². The number of benzene rings is 2. The molecule has 9 heteroatoms. The number of halogens is 1. The summed E-state index contributed by atoms with van der Waals surface area (Å²) in [5, 5.41) is 9.84. The second-order valence-corrected chi connectivity index (χ2v) is 8.09. The highest BCUT2D eigenvalue weighted by atomic mass is 19.1. The normalized spacial score (nSPS) is 12.4. The molecule has 0 saturated carbocycles. The molecule has 1 aliphatic heterocycles. The number of carbonyl (C=O) groups excluding carboxylic acids is 2. The van der Waals surface area contributed by atoms with E-state index in [2.05, 4.69) is 30.9 Å². The van der Waals surface area contributed by atoms with Crippen molar-refractivity contribution in [1.82, 2.24) is 20.3 Å². The molecule has 5 rings (SSSR count). The number of aryl methyl sites for hydroxylation is 2. The molecule has 1 amide bonds. The van der Waals surface area contributed by atoms with E-state index in [0.717, 1.165) is 22.2 Å². The van der Waals surface area contributed by atoms with Crippen molar-refractivity contribution in [1.29, 1.82) is 0 Å². The van der Waals surface area contributed by atoms with Gasteiger partial charge in [0.25, 0.3) is 5.91 Å². The molecule has 34 heavy (non-hydrogen) atoms. The Morgan fingerprint density at radius 2 is 1.94 bits per heavy atom. The summed E-state index contributed by atoms with van der Waals surface area (Å²) in [5.41, 5.74) is 5.08. The van der Waals surface area contributed by atoms with Gasteiger partial charge in [0.15, 0.2) is 5.94 Å². The number of aromatic nitrogens is 3. The van der Waals surface area contributed by atoms with E-state index in [0.29, 0.717) is 46.9 Å². The van der Waals surface area contributed by atoms with Gasteiger partial charge in [0.2, 0.25) is 0 Å². The monoisotopic (exact) mass is 456 g/mol. The Bertz CT molecular complexity index is 1500. The van der Waals surface area contributed by atoms with E-state index in [-0.39, 0.29) is 17.4 Å². The number of hydrogen-bond donors (Lipinski definition) is 4. The molecule has 2 aromatic heterocycles. The average molecular weight is 456 g/mol. The van der Waals surface area contributed by atoms with Gasteiger partial charge in [0.05, 0.1) is 16.8 Å². The fraction of sp³-hybridized carbons (Fsp3) is 0.160. The van der Waals surface area contributed by atoms with E-state index in [4.69, 9.17) is 0 Å². The van der Waals surface area contributed by atoms with Gasteiger partial charge in [0, 0.05) is 29.3 Å². The number of rotatable bonds is 6. The number of hydrogen-bond acceptors (Lipinski definition) is 6. The molecular formula is C25H21FN6O2. The minimum Gasteiger partial charge on any atom is -0.370 e. The molecule has 0 spiro atoms. The first-order valence-corrected chi connectivity index (χ1v) is 10.7. The maximum atomic E-state index is 14.2. The fourth-order valence-corrected chi connectivity index (χ4v) is 4.36. The van der Waals surface area contributed by atoms with E-state index in [1.165, 1.54) is 12.4 Å². The van der Waals surface area contributed by atoms with Crippen LogP contribution in [0.4, 0.5) is 21.7 Å². The third-order valence-electron chi connectivity index (χ3n) is 5.94. The summed E-state index contributed by atoms with van der Waals surface area (Å²) in [4.78, 5) is 35.1. The number of amides is 1. The molecule has 170 valence electrons. The Balaban J connectivity index is 1.32. The molecule has 3 heterocycles. The third-order valence-corrected chi connectivity index (χ3v) is 5.94. The smallest absolute Gasteiger partial charge is 0.259 e. The van der Waals surface area contributed by atoms with E-state index in [9.17, 15) is 14.0 Å². The minimum atomic E-state index is -0.371. The van der Waals surface area contributed by atoms with Crippen LogP contribution in [0.15, 0.2) is 42.7 Å². The van der Waals surface area contributed by atoms with Crippen LogP contribution in [0.5, 0.6) is 0 Å². The standard InChI is InChI=1S/C25H21FN6O2/c1-13-6-7-17(26)24-22(13)15(14(2)30-24)8-9-27-20-10-21(29-12-28-20)31-18-5-3-4-16-19(11-33)32-25(34)23(16)18/h3-7,10,12,30H,8-9H2,1-2H3,(H,32,34)(H2,27,28,29,31). The molecular weight excluding hydrogens is 435 g/mol. The summed E-state index contributed by atoms with van der Waals surface area (Å²) in [7, 11) is 0. The van der Waals surface area contributed by atoms with Crippen molar-refractivity contribution in [2.24, 2.45) is 0 Å². The molecule has 4 N–H and O–H groups in total. The summed E-state index contributed by atoms with van der Waals surface area (Å²) in [6.07, 6.45) is 2.09. The summed E-state index contributed by atoms with van der Waals surface area (Å²) in [5.74, 6) is 2.22. The lowest BCUT2D eigenvalue weighted by Crippen LogP contribution is -2.13. The lowest BCUT2D eigenvalue weighted by Gasteiger charge is -2.11. The van der Waals surface area contributed by atoms with Gasteiger partial charge in [-0.05, 0) is 43.5 Å². The molecule has 0 unspecified atom stereocenters. The van der Waals surface area contributed by atoms with Gasteiger partial charge >= 0.3 is 0 Å². The Morgan fingerprint density at radius 3 is 2.76 bits per heavy atom. The average Bonchev–Trinajstić information content (AvgIpc) is 3.34. The molecule has 2 aromatic carbocycles. The molecule has 8 nitrogen and oxygen atoms in total. The van der Waals surface area contributed by atoms with Crippen molar-refractivity contribution >= 4 is 45.8 Å². The molecule has 4 aromatic rings. The van der Waals surface area contributed by atoms with E-state index in [1.54, 1.807) is 36.3 Å². The van der Waals surface area contributed by atoms with Gasteiger partial charge in [-0.3, -0.25) is 4.79 Å². The van der Waals surface area contributed by atoms with Gasteiger partial charge in [-0.15, -0.1) is 0 Å². The van der Waals surface area contributed by atoms with Crippen LogP contribution in [-0.2, 0) is 11.2 Å². The van der Waals surface area contributed by atoms with Crippen LogP contribution >= 0.6 is 0 Å². The molecule has 0 fully saturated rings. The lowest BCUT2D eigenvalue weighted by atomic mass is 10.0. The fourth-order valence-electron chi connectivity index (χ4n) is 4.36. The second kappa shape index (κ2) is 8.46. The van der Waals surface area contributed by atoms with E-state index < -0.39 is 0 Å². The first kappa shape index (κ1) is 21.4. The van der Waals surface area contributed by atoms with Gasteiger partial charge in [-0.25, -0.2) is 19.2 Å². The van der Waals surface area contributed by atoms with Gasteiger partial charge < -0.3 is 20.9 Å². The largest absolute Gasteiger partial charge is 0.370 e. The summed E-state index contributed by atoms with van der Waals surface area (Å²) < 4.78 is 14.2. The van der Waals surface area contributed by atoms with Gasteiger partial charge in [-0.2, -0.15) is 0 Å².